The number of anilines is 1. The van der Waals surface area contributed by atoms with Gasteiger partial charge in [-0.1, -0.05) is 5.10 Å². The highest BCUT2D eigenvalue weighted by atomic mass is 19.4. The van der Waals surface area contributed by atoms with Crippen LogP contribution < -0.4 is 10.6 Å². The van der Waals surface area contributed by atoms with Crippen LogP contribution in [0.1, 0.15) is 33.1 Å². The minimum atomic E-state index is -4.19. The van der Waals surface area contributed by atoms with Crippen LogP contribution in [0.2, 0.25) is 0 Å². The fourth-order valence-electron chi connectivity index (χ4n) is 1.05. The topological polar surface area (TPSA) is 63.0 Å². The Morgan fingerprint density at radius 1 is 1.17 bits per heavy atom. The van der Waals surface area contributed by atoms with Crippen LogP contribution in [0.4, 0.5) is 19.2 Å². The Kier molecular flexibility index (Phi) is 4.55. The van der Waals surface area contributed by atoms with Crippen LogP contribution >= 0.6 is 0 Å². The zero-order valence-electron chi connectivity index (χ0n) is 10.6. The summed E-state index contributed by atoms with van der Waals surface area (Å²) >= 11 is 0. The van der Waals surface area contributed by atoms with E-state index < -0.39 is 12.6 Å². The molecular formula is C10H17F3N4O. The van der Waals surface area contributed by atoms with Crippen molar-refractivity contribution in [2.45, 2.75) is 45.5 Å². The first-order chi connectivity index (χ1) is 8.16. The fraction of sp³-hybridized carbons (Fsp3) is 0.800. The van der Waals surface area contributed by atoms with Crippen LogP contribution in [0.3, 0.4) is 0 Å². The van der Waals surface area contributed by atoms with E-state index in [0.717, 1.165) is 0 Å². The van der Waals surface area contributed by atoms with Crippen LogP contribution in [0.5, 0.6) is 0 Å². The molecule has 0 fully saturated rings. The molecule has 0 aliphatic rings. The molecule has 0 spiro atoms. The average molecular weight is 266 g/mol. The van der Waals surface area contributed by atoms with Gasteiger partial charge in [-0.2, -0.15) is 13.2 Å². The molecule has 1 heterocycles. The molecule has 1 aromatic rings. The summed E-state index contributed by atoms with van der Waals surface area (Å²) in [7, 11) is 0. The average Bonchev–Trinajstić information content (AvgIpc) is 2.60. The monoisotopic (exact) mass is 266 g/mol. The summed E-state index contributed by atoms with van der Waals surface area (Å²) in [6.07, 6.45) is -5.13. The van der Waals surface area contributed by atoms with Crippen molar-refractivity contribution in [2.75, 3.05) is 11.9 Å². The van der Waals surface area contributed by atoms with Crippen molar-refractivity contribution < 1.29 is 17.6 Å². The minimum absolute atomic E-state index is 0.00459. The third-order valence-electron chi connectivity index (χ3n) is 1.92. The van der Waals surface area contributed by atoms with Gasteiger partial charge in [0, 0.05) is 12.1 Å². The Balaban J connectivity index is 2.35. The molecule has 1 rings (SSSR count). The lowest BCUT2D eigenvalue weighted by Gasteiger charge is -2.18. The third kappa shape index (κ3) is 6.43. The molecule has 18 heavy (non-hydrogen) atoms. The van der Waals surface area contributed by atoms with E-state index in [-0.39, 0.29) is 18.1 Å². The summed E-state index contributed by atoms with van der Waals surface area (Å²) in [6, 6.07) is 0.00459. The highest BCUT2D eigenvalue weighted by Crippen LogP contribution is 2.19. The molecule has 1 aromatic heterocycles. The number of hydrogen-bond donors (Lipinski definition) is 2. The highest BCUT2D eigenvalue weighted by molar-refractivity contribution is 5.16. The van der Waals surface area contributed by atoms with E-state index in [0.29, 0.717) is 12.4 Å². The Morgan fingerprint density at radius 3 is 2.39 bits per heavy atom. The maximum absolute atomic E-state index is 11.9. The molecule has 2 N–H and O–H groups in total. The fourth-order valence-corrected chi connectivity index (χ4v) is 1.05. The van der Waals surface area contributed by atoms with Gasteiger partial charge in [0.15, 0.2) is 0 Å². The molecule has 0 aliphatic carbocycles. The molecule has 0 amide bonds. The van der Waals surface area contributed by atoms with Crippen molar-refractivity contribution >= 4 is 6.01 Å². The number of nitrogens with zero attached hydrogens (tertiary/aromatic N) is 2. The Morgan fingerprint density at radius 2 is 1.83 bits per heavy atom. The van der Waals surface area contributed by atoms with E-state index in [1.165, 1.54) is 0 Å². The van der Waals surface area contributed by atoms with Gasteiger partial charge in [-0.25, -0.2) is 0 Å². The summed E-state index contributed by atoms with van der Waals surface area (Å²) in [5.41, 5.74) is -0.0989. The molecule has 0 aliphatic heterocycles. The predicted octanol–water partition coefficient (Wildman–Crippen LogP) is 2.32. The van der Waals surface area contributed by atoms with Gasteiger partial charge in [0.05, 0.1) is 13.0 Å². The van der Waals surface area contributed by atoms with E-state index >= 15 is 0 Å². The van der Waals surface area contributed by atoms with Crippen LogP contribution in [0.25, 0.3) is 0 Å². The largest absolute Gasteiger partial charge is 0.407 e. The molecule has 0 aromatic carbocycles. The lowest BCUT2D eigenvalue weighted by atomic mass is 10.1. The SMILES string of the molecule is CC(C)(C)NCc1nnc(NCCC(F)(F)F)o1. The molecule has 0 atom stereocenters. The van der Waals surface area contributed by atoms with Gasteiger partial charge in [0.2, 0.25) is 5.89 Å². The lowest BCUT2D eigenvalue weighted by Crippen LogP contribution is -2.35. The number of aromatic nitrogens is 2. The van der Waals surface area contributed by atoms with E-state index in [1.54, 1.807) is 0 Å². The third-order valence-corrected chi connectivity index (χ3v) is 1.92. The molecule has 0 bridgehead atoms. The standard InChI is InChI=1S/C10H17F3N4O/c1-9(2,3)15-6-7-16-17-8(18-7)14-5-4-10(11,12)13/h15H,4-6H2,1-3H3,(H,14,17). The van der Waals surface area contributed by atoms with Crippen LogP contribution in [0.15, 0.2) is 4.42 Å². The molecule has 104 valence electrons. The predicted molar refractivity (Wildman–Crippen MR) is 60.1 cm³/mol. The number of halogens is 3. The quantitative estimate of drug-likeness (QED) is 0.856. The lowest BCUT2D eigenvalue weighted by molar-refractivity contribution is -0.131. The summed E-state index contributed by atoms with van der Waals surface area (Å²) < 4.78 is 40.8. The van der Waals surface area contributed by atoms with Crippen molar-refractivity contribution in [1.29, 1.82) is 0 Å². The van der Waals surface area contributed by atoms with Gasteiger partial charge < -0.3 is 15.1 Å². The Labute approximate surface area is 103 Å². The second-order valence-corrected chi connectivity index (χ2v) is 4.90. The van der Waals surface area contributed by atoms with E-state index in [1.807, 2.05) is 20.8 Å². The first kappa shape index (κ1) is 14.7. The van der Waals surface area contributed by atoms with Gasteiger partial charge >= 0.3 is 12.2 Å². The van der Waals surface area contributed by atoms with E-state index in [2.05, 4.69) is 20.8 Å². The molecule has 0 saturated heterocycles. The summed E-state index contributed by atoms with van der Waals surface area (Å²) in [6.45, 7) is 6.03. The summed E-state index contributed by atoms with van der Waals surface area (Å²) in [5.74, 6) is 0.333. The molecular weight excluding hydrogens is 249 g/mol. The Hall–Kier alpha value is -1.31. The maximum Gasteiger partial charge on any atom is 0.390 e. The van der Waals surface area contributed by atoms with Crippen LogP contribution in [-0.4, -0.2) is 28.5 Å². The first-order valence-electron chi connectivity index (χ1n) is 5.54. The highest BCUT2D eigenvalue weighted by Gasteiger charge is 2.26. The van der Waals surface area contributed by atoms with Gasteiger partial charge in [-0.3, -0.25) is 0 Å². The van der Waals surface area contributed by atoms with Crippen molar-refractivity contribution in [3.8, 4) is 0 Å². The van der Waals surface area contributed by atoms with Gasteiger partial charge in [0.25, 0.3) is 0 Å². The smallest absolute Gasteiger partial charge is 0.390 e. The molecule has 0 saturated carbocycles. The normalized spacial score (nSPS) is 12.8. The molecule has 5 nitrogen and oxygen atoms in total. The molecule has 0 unspecified atom stereocenters. The summed E-state index contributed by atoms with van der Waals surface area (Å²) in [4.78, 5) is 0. The van der Waals surface area contributed by atoms with E-state index in [9.17, 15) is 13.2 Å². The van der Waals surface area contributed by atoms with E-state index in [4.69, 9.17) is 4.42 Å². The van der Waals surface area contributed by atoms with Gasteiger partial charge in [0.1, 0.15) is 0 Å². The number of hydrogen-bond acceptors (Lipinski definition) is 5. The van der Waals surface area contributed by atoms with Gasteiger partial charge in [-0.05, 0) is 20.8 Å². The van der Waals surface area contributed by atoms with Crippen LogP contribution in [-0.2, 0) is 6.54 Å². The zero-order chi connectivity index (χ0) is 13.8. The number of alkyl halides is 3. The summed E-state index contributed by atoms with van der Waals surface area (Å²) in [5, 5.41) is 12.9. The molecule has 8 heteroatoms. The van der Waals surface area contributed by atoms with Crippen molar-refractivity contribution in [1.82, 2.24) is 15.5 Å². The maximum atomic E-state index is 11.9. The molecule has 0 radical (unpaired) electrons. The van der Waals surface area contributed by atoms with Crippen molar-refractivity contribution in [2.24, 2.45) is 0 Å². The van der Waals surface area contributed by atoms with Crippen molar-refractivity contribution in [3.63, 3.8) is 0 Å². The number of nitrogens with one attached hydrogen (secondary N) is 2. The van der Waals surface area contributed by atoms with Crippen molar-refractivity contribution in [3.05, 3.63) is 5.89 Å². The van der Waals surface area contributed by atoms with Gasteiger partial charge in [-0.15, -0.1) is 5.10 Å². The second kappa shape index (κ2) is 5.55. The minimum Gasteiger partial charge on any atom is -0.407 e. The Bertz CT molecular complexity index is 370. The second-order valence-electron chi connectivity index (χ2n) is 4.90. The zero-order valence-corrected chi connectivity index (χ0v) is 10.6. The van der Waals surface area contributed by atoms with Crippen LogP contribution in [0, 0.1) is 0 Å². The number of rotatable bonds is 5. The first-order valence-corrected chi connectivity index (χ1v) is 5.54.